The molecule has 0 radical (unpaired) electrons. The number of aldehydes is 1. The van der Waals surface area contributed by atoms with Crippen LogP contribution in [0.15, 0.2) is 0 Å². The van der Waals surface area contributed by atoms with Crippen molar-refractivity contribution in [1.82, 2.24) is 10.4 Å². The number of nitrogens with zero attached hydrogens (tertiary/aromatic N) is 1. The van der Waals surface area contributed by atoms with Crippen molar-refractivity contribution in [3.05, 3.63) is 0 Å². The fraction of sp³-hybridized carbons (Fsp3) is 0.900. The van der Waals surface area contributed by atoms with E-state index < -0.39 is 17.7 Å². The molecule has 0 fully saturated rings. The Hall–Kier alpha value is -0.530. The number of hydrogen-bond donors (Lipinski definition) is 2. The van der Waals surface area contributed by atoms with Crippen LogP contribution < -0.4 is 5.32 Å². The third-order valence-corrected chi connectivity index (χ3v) is 1.77. The highest BCUT2D eigenvalue weighted by Gasteiger charge is 2.39. The Labute approximate surface area is 96.5 Å². The SMILES string of the molecule is CON(C)[C@@](O)(N[C@@H](C)C=O)OC(C)(C)C. The first-order valence-electron chi connectivity index (χ1n) is 5.08. The van der Waals surface area contributed by atoms with E-state index in [-0.39, 0.29) is 0 Å². The van der Waals surface area contributed by atoms with Crippen molar-refractivity contribution in [3.8, 4) is 0 Å². The molecule has 0 aliphatic rings. The number of hydroxylamine groups is 2. The van der Waals surface area contributed by atoms with Crippen molar-refractivity contribution in [3.63, 3.8) is 0 Å². The van der Waals surface area contributed by atoms with Gasteiger partial charge in [0.05, 0.1) is 18.8 Å². The lowest BCUT2D eigenvalue weighted by Gasteiger charge is -2.40. The molecule has 0 unspecified atom stereocenters. The van der Waals surface area contributed by atoms with Crippen molar-refractivity contribution in [2.75, 3.05) is 14.2 Å². The first kappa shape index (κ1) is 15.5. The maximum absolute atomic E-state index is 10.6. The van der Waals surface area contributed by atoms with Gasteiger partial charge >= 0.3 is 6.03 Å². The number of hydrogen-bond acceptors (Lipinski definition) is 6. The minimum atomic E-state index is -1.85. The van der Waals surface area contributed by atoms with Crippen LogP contribution in [0.25, 0.3) is 0 Å². The standard InChI is InChI=1S/C10H22N2O4/c1-8(7-13)11-10(14,12(5)15-6)16-9(2,3)4/h7-8,11,14H,1-6H3/t8-,10+/m0/s1. The zero-order valence-corrected chi connectivity index (χ0v) is 10.8. The summed E-state index contributed by atoms with van der Waals surface area (Å²) in [4.78, 5) is 15.5. The third-order valence-electron chi connectivity index (χ3n) is 1.77. The molecule has 0 aliphatic carbocycles. The Bertz CT molecular complexity index is 229. The molecule has 6 heteroatoms. The lowest BCUT2D eigenvalue weighted by Crippen LogP contribution is -2.64. The lowest BCUT2D eigenvalue weighted by atomic mass is 10.2. The second-order valence-electron chi connectivity index (χ2n) is 4.57. The minimum absolute atomic E-state index is 0.565. The van der Waals surface area contributed by atoms with Crippen LogP contribution in [0, 0.1) is 0 Å². The van der Waals surface area contributed by atoms with Crippen molar-refractivity contribution >= 4 is 6.29 Å². The van der Waals surface area contributed by atoms with Crippen LogP contribution in [-0.4, -0.2) is 48.3 Å². The zero-order chi connectivity index (χ0) is 13.0. The van der Waals surface area contributed by atoms with Crippen molar-refractivity contribution in [1.29, 1.82) is 0 Å². The van der Waals surface area contributed by atoms with Gasteiger partial charge in [0, 0.05) is 7.05 Å². The fourth-order valence-electron chi connectivity index (χ4n) is 1.07. The van der Waals surface area contributed by atoms with E-state index in [9.17, 15) is 9.90 Å². The number of ether oxygens (including phenoxy) is 1. The first-order valence-corrected chi connectivity index (χ1v) is 5.08. The molecule has 2 atom stereocenters. The Balaban J connectivity index is 4.81. The van der Waals surface area contributed by atoms with Gasteiger partial charge in [-0.15, -0.1) is 5.06 Å². The van der Waals surface area contributed by atoms with E-state index in [0.29, 0.717) is 6.29 Å². The summed E-state index contributed by atoms with van der Waals surface area (Å²) in [7, 11) is 2.89. The molecule has 0 bridgehead atoms. The average Bonchev–Trinajstić information content (AvgIpc) is 2.13. The third kappa shape index (κ3) is 5.00. The Morgan fingerprint density at radius 2 is 1.94 bits per heavy atom. The smallest absolute Gasteiger partial charge is 0.315 e. The number of carbonyl (C=O) groups excluding carboxylic acids is 1. The van der Waals surface area contributed by atoms with Crippen molar-refractivity contribution in [2.24, 2.45) is 0 Å². The molecule has 96 valence electrons. The maximum atomic E-state index is 10.6. The van der Waals surface area contributed by atoms with Gasteiger partial charge < -0.3 is 14.6 Å². The van der Waals surface area contributed by atoms with Crippen LogP contribution in [0.1, 0.15) is 27.7 Å². The molecule has 0 amide bonds. The summed E-state index contributed by atoms with van der Waals surface area (Å²) in [5.41, 5.74) is -0.600. The number of carbonyl (C=O) groups is 1. The molecule has 6 nitrogen and oxygen atoms in total. The van der Waals surface area contributed by atoms with Gasteiger partial charge in [0.1, 0.15) is 6.29 Å². The van der Waals surface area contributed by atoms with E-state index in [0.717, 1.165) is 5.06 Å². The molecule has 0 saturated heterocycles. The normalized spacial score (nSPS) is 18.2. The quantitative estimate of drug-likeness (QED) is 0.385. The highest BCUT2D eigenvalue weighted by molar-refractivity contribution is 5.56. The van der Waals surface area contributed by atoms with E-state index in [2.05, 4.69) is 5.32 Å². The van der Waals surface area contributed by atoms with Crippen LogP contribution in [0.4, 0.5) is 0 Å². The Kier molecular flexibility index (Phi) is 5.51. The van der Waals surface area contributed by atoms with Crippen molar-refractivity contribution < 1.29 is 19.5 Å². The molecule has 0 aromatic rings. The van der Waals surface area contributed by atoms with E-state index in [1.807, 2.05) is 0 Å². The lowest BCUT2D eigenvalue weighted by molar-refractivity contribution is -0.414. The summed E-state index contributed by atoms with van der Waals surface area (Å²) >= 11 is 0. The highest BCUT2D eigenvalue weighted by atomic mass is 16.8. The summed E-state index contributed by atoms with van der Waals surface area (Å²) in [6.45, 7) is 6.96. The summed E-state index contributed by atoms with van der Waals surface area (Å²) in [6, 6.07) is -2.42. The van der Waals surface area contributed by atoms with Crippen LogP contribution in [0.5, 0.6) is 0 Å². The number of nitrogens with one attached hydrogen (secondary N) is 1. The van der Waals surface area contributed by atoms with Gasteiger partial charge in [-0.05, 0) is 27.7 Å². The molecule has 0 spiro atoms. The van der Waals surface area contributed by atoms with Crippen LogP contribution in [0.3, 0.4) is 0 Å². The Morgan fingerprint density at radius 1 is 1.44 bits per heavy atom. The zero-order valence-electron chi connectivity index (χ0n) is 10.8. The topological polar surface area (TPSA) is 71.0 Å². The second-order valence-corrected chi connectivity index (χ2v) is 4.57. The molecule has 0 saturated carbocycles. The largest absolute Gasteiger partial charge is 0.339 e. The predicted molar refractivity (Wildman–Crippen MR) is 59.2 cm³/mol. The van der Waals surface area contributed by atoms with E-state index in [4.69, 9.17) is 9.57 Å². The molecule has 0 aromatic heterocycles. The second kappa shape index (κ2) is 5.70. The molecular weight excluding hydrogens is 212 g/mol. The molecule has 0 rings (SSSR count). The Morgan fingerprint density at radius 3 is 2.25 bits per heavy atom. The van der Waals surface area contributed by atoms with E-state index >= 15 is 0 Å². The van der Waals surface area contributed by atoms with Crippen molar-refractivity contribution in [2.45, 2.75) is 45.4 Å². The van der Waals surface area contributed by atoms with Gasteiger partial charge in [-0.25, -0.2) is 5.32 Å². The predicted octanol–water partition coefficient (Wildman–Crippen LogP) is 0.0753. The van der Waals surface area contributed by atoms with E-state index in [1.165, 1.54) is 14.2 Å². The summed E-state index contributed by atoms with van der Waals surface area (Å²) in [5, 5.41) is 13.9. The van der Waals surface area contributed by atoms with Crippen LogP contribution in [0.2, 0.25) is 0 Å². The summed E-state index contributed by atoms with van der Waals surface area (Å²) < 4.78 is 5.44. The molecule has 0 aliphatic heterocycles. The number of rotatable bonds is 6. The van der Waals surface area contributed by atoms with Gasteiger partial charge in [0.25, 0.3) is 0 Å². The van der Waals surface area contributed by atoms with E-state index in [1.54, 1.807) is 27.7 Å². The fourth-order valence-corrected chi connectivity index (χ4v) is 1.07. The van der Waals surface area contributed by atoms with Gasteiger partial charge in [-0.3, -0.25) is 4.84 Å². The number of aliphatic hydroxyl groups is 1. The van der Waals surface area contributed by atoms with Crippen LogP contribution >= 0.6 is 0 Å². The monoisotopic (exact) mass is 234 g/mol. The minimum Gasteiger partial charge on any atom is -0.339 e. The van der Waals surface area contributed by atoms with Gasteiger partial charge in [-0.2, -0.15) is 0 Å². The molecule has 0 aromatic carbocycles. The average molecular weight is 234 g/mol. The first-order chi connectivity index (χ1) is 7.14. The molecule has 0 heterocycles. The van der Waals surface area contributed by atoms with Gasteiger partial charge in [0.2, 0.25) is 0 Å². The van der Waals surface area contributed by atoms with Gasteiger partial charge in [0.15, 0.2) is 0 Å². The summed E-state index contributed by atoms with van der Waals surface area (Å²) in [6.07, 6.45) is 0.667. The maximum Gasteiger partial charge on any atom is 0.315 e. The molecule has 16 heavy (non-hydrogen) atoms. The summed E-state index contributed by atoms with van der Waals surface area (Å²) in [5.74, 6) is 0. The van der Waals surface area contributed by atoms with Gasteiger partial charge in [-0.1, -0.05) is 0 Å². The molecule has 2 N–H and O–H groups in total. The van der Waals surface area contributed by atoms with Crippen LogP contribution in [-0.2, 0) is 14.4 Å². The molecular formula is C10H22N2O4. The highest BCUT2D eigenvalue weighted by Crippen LogP contribution is 2.19.